The highest BCUT2D eigenvalue weighted by Crippen LogP contribution is 2.30. The van der Waals surface area contributed by atoms with Gasteiger partial charge in [-0.05, 0) is 18.6 Å². The molecule has 31 heavy (non-hydrogen) atoms. The zero-order chi connectivity index (χ0) is 21.3. The lowest BCUT2D eigenvalue weighted by atomic mass is 10.2. The first-order chi connectivity index (χ1) is 15.3. The normalized spacial score (nSPS) is 11.0. The summed E-state index contributed by atoms with van der Waals surface area (Å²) >= 11 is 1.51. The van der Waals surface area contributed by atoms with Gasteiger partial charge in [0.25, 0.3) is 0 Å². The van der Waals surface area contributed by atoms with E-state index >= 15 is 0 Å². The number of hydrogen-bond acceptors (Lipinski definition) is 7. The number of ether oxygens (including phenoxy) is 2. The summed E-state index contributed by atoms with van der Waals surface area (Å²) in [4.78, 5) is 8.63. The van der Waals surface area contributed by atoms with Crippen molar-refractivity contribution in [1.29, 1.82) is 0 Å². The van der Waals surface area contributed by atoms with Crippen LogP contribution in [0.25, 0.3) is 11.3 Å². The number of anilines is 1. The number of nitrogens with zero attached hydrogens (tertiary/aromatic N) is 4. The molecule has 0 amide bonds. The summed E-state index contributed by atoms with van der Waals surface area (Å²) in [6, 6.07) is 15.8. The summed E-state index contributed by atoms with van der Waals surface area (Å²) < 4.78 is 13.5. The van der Waals surface area contributed by atoms with Crippen molar-refractivity contribution in [2.45, 2.75) is 13.0 Å². The third-order valence-electron chi connectivity index (χ3n) is 4.53. The molecule has 0 spiro atoms. The van der Waals surface area contributed by atoms with Gasteiger partial charge < -0.3 is 14.0 Å². The van der Waals surface area contributed by atoms with Crippen LogP contribution in [-0.4, -0.2) is 34.5 Å². The Labute approximate surface area is 185 Å². The molecule has 2 aromatic carbocycles. The summed E-state index contributed by atoms with van der Waals surface area (Å²) in [5.74, 6) is 1.34. The molecule has 0 unspecified atom stereocenters. The number of hydrazone groups is 1. The molecule has 7 nitrogen and oxygen atoms in total. The van der Waals surface area contributed by atoms with Crippen LogP contribution < -0.4 is 14.9 Å². The van der Waals surface area contributed by atoms with Crippen LogP contribution in [0.5, 0.6) is 11.5 Å². The zero-order valence-corrected chi connectivity index (χ0v) is 18.0. The average Bonchev–Trinajstić information content (AvgIpc) is 3.50. The Kier molecular flexibility index (Phi) is 6.92. The topological polar surface area (TPSA) is 73.6 Å². The van der Waals surface area contributed by atoms with Gasteiger partial charge >= 0.3 is 0 Å². The maximum atomic E-state index is 6.03. The predicted octanol–water partition coefficient (Wildman–Crippen LogP) is 4.93. The molecule has 0 aliphatic carbocycles. The molecule has 158 valence electrons. The zero-order valence-electron chi connectivity index (χ0n) is 17.1. The quantitative estimate of drug-likeness (QED) is 0.218. The molecular formula is C23H23N5O2S. The summed E-state index contributed by atoms with van der Waals surface area (Å²) in [7, 11) is 1.63. The molecule has 8 heteroatoms. The molecular weight excluding hydrogens is 410 g/mol. The van der Waals surface area contributed by atoms with Gasteiger partial charge in [-0.25, -0.2) is 9.97 Å². The van der Waals surface area contributed by atoms with Crippen molar-refractivity contribution in [3.8, 4) is 22.8 Å². The molecule has 0 aliphatic rings. The Bertz CT molecular complexity index is 1110. The van der Waals surface area contributed by atoms with E-state index < -0.39 is 0 Å². The number of thiazole rings is 1. The molecule has 2 heterocycles. The standard InChI is InChI=1S/C23H23N5O2S/c1-29-21-10-5-9-19(22(21)30-14-6-12-28-13-11-24-17-28)15-25-27-23-26-20(16-31-23)18-7-3-2-4-8-18/h2-5,7-11,13,15-17H,6,12,14H2,1H3,(H,26,27). The fourth-order valence-electron chi connectivity index (χ4n) is 3.01. The van der Waals surface area contributed by atoms with Crippen molar-refractivity contribution in [3.05, 3.63) is 78.2 Å². The molecule has 0 fully saturated rings. The average molecular weight is 434 g/mol. The SMILES string of the molecule is COc1cccc(C=NNc2nc(-c3ccccc3)cs2)c1OCCCn1ccnc1. The Hall–Kier alpha value is -3.65. The van der Waals surface area contributed by atoms with E-state index in [9.17, 15) is 0 Å². The third-order valence-corrected chi connectivity index (χ3v) is 5.28. The van der Waals surface area contributed by atoms with Crippen LogP contribution in [0, 0.1) is 0 Å². The second-order valence-corrected chi connectivity index (χ2v) is 7.51. The van der Waals surface area contributed by atoms with E-state index in [-0.39, 0.29) is 0 Å². The fourth-order valence-corrected chi connectivity index (χ4v) is 3.68. The molecule has 4 rings (SSSR count). The van der Waals surface area contributed by atoms with Crippen molar-refractivity contribution < 1.29 is 9.47 Å². The third kappa shape index (κ3) is 5.49. The van der Waals surface area contributed by atoms with Gasteiger partial charge in [-0.3, -0.25) is 5.43 Å². The number of nitrogens with one attached hydrogen (secondary N) is 1. The Balaban J connectivity index is 1.39. The number of hydrogen-bond donors (Lipinski definition) is 1. The van der Waals surface area contributed by atoms with Gasteiger partial charge in [0.1, 0.15) is 0 Å². The van der Waals surface area contributed by atoms with Crippen LogP contribution in [0.2, 0.25) is 0 Å². The summed E-state index contributed by atoms with van der Waals surface area (Å²) in [5.41, 5.74) is 5.83. The smallest absolute Gasteiger partial charge is 0.203 e. The van der Waals surface area contributed by atoms with Crippen molar-refractivity contribution >= 4 is 22.7 Å². The number of rotatable bonds is 10. The maximum Gasteiger partial charge on any atom is 0.203 e. The van der Waals surface area contributed by atoms with Crippen molar-refractivity contribution in [3.63, 3.8) is 0 Å². The van der Waals surface area contributed by atoms with Gasteiger partial charge in [0.15, 0.2) is 11.5 Å². The monoisotopic (exact) mass is 433 g/mol. The number of aromatic nitrogens is 3. The fraction of sp³-hybridized carbons (Fsp3) is 0.174. The lowest BCUT2D eigenvalue weighted by Gasteiger charge is -2.13. The number of aryl methyl sites for hydroxylation is 1. The van der Waals surface area contributed by atoms with E-state index in [2.05, 4.69) is 20.5 Å². The molecule has 2 aromatic heterocycles. The minimum absolute atomic E-state index is 0.555. The highest BCUT2D eigenvalue weighted by atomic mass is 32.1. The molecule has 1 N–H and O–H groups in total. The van der Waals surface area contributed by atoms with E-state index in [1.54, 1.807) is 25.8 Å². The minimum atomic E-state index is 0.555. The second kappa shape index (κ2) is 10.4. The summed E-state index contributed by atoms with van der Waals surface area (Å²) in [6.07, 6.45) is 8.08. The van der Waals surface area contributed by atoms with Gasteiger partial charge in [-0.1, -0.05) is 36.4 Å². The van der Waals surface area contributed by atoms with E-state index in [1.807, 2.05) is 64.7 Å². The molecule has 0 bridgehead atoms. The van der Waals surface area contributed by atoms with Crippen LogP contribution in [0.15, 0.2) is 77.7 Å². The number of methoxy groups -OCH3 is 1. The first-order valence-electron chi connectivity index (χ1n) is 9.89. The van der Waals surface area contributed by atoms with E-state index in [1.165, 1.54) is 11.3 Å². The van der Waals surface area contributed by atoms with Gasteiger partial charge in [0, 0.05) is 35.4 Å². The summed E-state index contributed by atoms with van der Waals surface area (Å²) in [6.45, 7) is 1.40. The van der Waals surface area contributed by atoms with Crippen molar-refractivity contribution in [1.82, 2.24) is 14.5 Å². The van der Waals surface area contributed by atoms with Gasteiger partial charge in [0.2, 0.25) is 5.13 Å². The van der Waals surface area contributed by atoms with E-state index in [4.69, 9.17) is 9.47 Å². The Morgan fingerprint density at radius 2 is 2.06 bits per heavy atom. The lowest BCUT2D eigenvalue weighted by molar-refractivity contribution is 0.282. The van der Waals surface area contributed by atoms with Crippen LogP contribution in [0.1, 0.15) is 12.0 Å². The Morgan fingerprint density at radius 1 is 1.16 bits per heavy atom. The molecule has 0 saturated heterocycles. The van der Waals surface area contributed by atoms with Crippen molar-refractivity contribution in [2.24, 2.45) is 5.10 Å². The Morgan fingerprint density at radius 3 is 2.87 bits per heavy atom. The number of benzene rings is 2. The number of imidazole rings is 1. The highest BCUT2D eigenvalue weighted by molar-refractivity contribution is 7.14. The van der Waals surface area contributed by atoms with Gasteiger partial charge in [-0.2, -0.15) is 5.10 Å². The first-order valence-corrected chi connectivity index (χ1v) is 10.8. The number of para-hydroxylation sites is 1. The molecule has 0 radical (unpaired) electrons. The summed E-state index contributed by atoms with van der Waals surface area (Å²) in [5, 5.41) is 7.08. The minimum Gasteiger partial charge on any atom is -0.493 e. The molecule has 4 aromatic rings. The molecule has 0 saturated carbocycles. The van der Waals surface area contributed by atoms with E-state index in [0.717, 1.165) is 34.9 Å². The van der Waals surface area contributed by atoms with Crippen LogP contribution >= 0.6 is 11.3 Å². The lowest BCUT2D eigenvalue weighted by Crippen LogP contribution is -2.06. The maximum absolute atomic E-state index is 6.03. The van der Waals surface area contributed by atoms with Crippen molar-refractivity contribution in [2.75, 3.05) is 19.1 Å². The van der Waals surface area contributed by atoms with Crippen LogP contribution in [0.4, 0.5) is 5.13 Å². The second-order valence-electron chi connectivity index (χ2n) is 6.66. The largest absolute Gasteiger partial charge is 0.493 e. The van der Waals surface area contributed by atoms with E-state index in [0.29, 0.717) is 18.1 Å². The molecule has 0 aliphatic heterocycles. The van der Waals surface area contributed by atoms with Gasteiger partial charge in [-0.15, -0.1) is 11.3 Å². The van der Waals surface area contributed by atoms with Crippen LogP contribution in [0.3, 0.4) is 0 Å². The first kappa shape index (κ1) is 20.6. The highest BCUT2D eigenvalue weighted by Gasteiger charge is 2.09. The predicted molar refractivity (Wildman–Crippen MR) is 124 cm³/mol. The molecule has 0 atom stereocenters. The van der Waals surface area contributed by atoms with Gasteiger partial charge in [0.05, 0.1) is 32.0 Å². The van der Waals surface area contributed by atoms with Crippen LogP contribution in [-0.2, 0) is 6.54 Å².